The van der Waals surface area contributed by atoms with Gasteiger partial charge in [0, 0.05) is 5.69 Å². The molecule has 0 radical (unpaired) electrons. The normalized spacial score (nSPS) is 10.8. The Kier molecular flexibility index (Phi) is 6.45. The lowest BCUT2D eigenvalue weighted by Gasteiger charge is -2.20. The number of ether oxygens (including phenoxy) is 2. The van der Waals surface area contributed by atoms with Crippen LogP contribution in [-0.4, -0.2) is 29.2 Å². The molecule has 0 fully saturated rings. The number of benzene rings is 1. The lowest BCUT2D eigenvalue weighted by atomic mass is 10.1. The summed E-state index contributed by atoms with van der Waals surface area (Å²) in [7, 11) is 0. The van der Waals surface area contributed by atoms with Gasteiger partial charge < -0.3 is 9.47 Å². The van der Waals surface area contributed by atoms with Crippen molar-refractivity contribution < 1.29 is 19.1 Å². The van der Waals surface area contributed by atoms with Gasteiger partial charge in [0.1, 0.15) is 11.4 Å². The molecule has 0 bridgehead atoms. The summed E-state index contributed by atoms with van der Waals surface area (Å²) in [5.74, 6) is -0.159. The minimum atomic E-state index is -0.648. The van der Waals surface area contributed by atoms with E-state index in [1.807, 2.05) is 0 Å². The molecule has 1 aromatic carbocycles. The topological polar surface area (TPSA) is 119 Å². The largest absolute Gasteiger partial charge is 0.493 e. The standard InChI is InChI=1S/C17H20N4O5S/c1-5-25-12-7-6-10(19-16(23)26-17(2,3)4)8-11(12)14(22)20-15-18-9-13(21-24)27-15/h6-9H,5H2,1-4H3,(H,19,23)(H,18,20,22). The third-order valence-corrected chi connectivity index (χ3v) is 3.76. The van der Waals surface area contributed by atoms with Crippen molar-refractivity contribution in [2.75, 3.05) is 17.2 Å². The highest BCUT2D eigenvalue weighted by atomic mass is 32.1. The first kappa shape index (κ1) is 20.3. The SMILES string of the molecule is CCOc1ccc(NC(=O)OC(C)(C)C)cc1C(=O)Nc1ncc(N=O)s1. The van der Waals surface area contributed by atoms with Crippen LogP contribution < -0.4 is 15.4 Å². The van der Waals surface area contributed by atoms with Crippen LogP contribution in [0.25, 0.3) is 0 Å². The predicted molar refractivity (Wildman–Crippen MR) is 103 cm³/mol. The Hall–Kier alpha value is -3.01. The molecule has 0 aliphatic heterocycles. The summed E-state index contributed by atoms with van der Waals surface area (Å²) in [5.41, 5.74) is -0.0847. The molecule has 0 saturated carbocycles. The van der Waals surface area contributed by atoms with Crippen molar-refractivity contribution in [3.63, 3.8) is 0 Å². The lowest BCUT2D eigenvalue weighted by Crippen LogP contribution is -2.27. The zero-order chi connectivity index (χ0) is 20.0. The first-order valence-corrected chi connectivity index (χ1v) is 8.91. The Morgan fingerprint density at radius 3 is 2.59 bits per heavy atom. The Morgan fingerprint density at radius 2 is 2.00 bits per heavy atom. The first-order chi connectivity index (χ1) is 12.7. The summed E-state index contributed by atoms with van der Waals surface area (Å²) in [5, 5.41) is 8.29. The quantitative estimate of drug-likeness (QED) is 0.697. The summed E-state index contributed by atoms with van der Waals surface area (Å²) in [6.07, 6.45) is 0.622. The number of amides is 2. The highest BCUT2D eigenvalue weighted by Crippen LogP contribution is 2.28. The highest BCUT2D eigenvalue weighted by Gasteiger charge is 2.19. The number of hydrogen-bond donors (Lipinski definition) is 2. The number of thiazole rings is 1. The Balaban J connectivity index is 2.22. The molecular weight excluding hydrogens is 372 g/mol. The lowest BCUT2D eigenvalue weighted by molar-refractivity contribution is 0.0635. The van der Waals surface area contributed by atoms with Gasteiger partial charge in [-0.3, -0.25) is 15.4 Å². The van der Waals surface area contributed by atoms with Gasteiger partial charge in [-0.25, -0.2) is 9.78 Å². The molecule has 1 heterocycles. The number of carbonyl (C=O) groups excluding carboxylic acids is 2. The van der Waals surface area contributed by atoms with Gasteiger partial charge in [0.25, 0.3) is 5.91 Å². The van der Waals surface area contributed by atoms with Crippen molar-refractivity contribution in [2.24, 2.45) is 5.18 Å². The second kappa shape index (κ2) is 8.58. The van der Waals surface area contributed by atoms with Crippen LogP contribution in [0.4, 0.5) is 20.6 Å². The second-order valence-electron chi connectivity index (χ2n) is 6.32. The summed E-state index contributed by atoms with van der Waals surface area (Å²) < 4.78 is 10.7. The van der Waals surface area contributed by atoms with E-state index in [0.29, 0.717) is 18.0 Å². The number of nitroso groups, excluding NO2 is 1. The number of rotatable bonds is 6. The smallest absolute Gasteiger partial charge is 0.412 e. The number of hydrogen-bond acceptors (Lipinski definition) is 8. The average Bonchev–Trinajstić information content (AvgIpc) is 3.02. The minimum Gasteiger partial charge on any atom is -0.493 e. The maximum Gasteiger partial charge on any atom is 0.412 e. The molecule has 10 heteroatoms. The Morgan fingerprint density at radius 1 is 1.26 bits per heavy atom. The monoisotopic (exact) mass is 392 g/mol. The maximum absolute atomic E-state index is 12.6. The fourth-order valence-corrected chi connectivity index (χ4v) is 2.61. The molecule has 1 aromatic heterocycles. The molecule has 2 rings (SSSR count). The average molecular weight is 392 g/mol. The number of nitrogens with one attached hydrogen (secondary N) is 2. The van der Waals surface area contributed by atoms with Crippen molar-refractivity contribution in [3.05, 3.63) is 34.9 Å². The van der Waals surface area contributed by atoms with Gasteiger partial charge in [-0.1, -0.05) is 11.3 Å². The molecule has 0 spiro atoms. The number of nitrogens with zero attached hydrogens (tertiary/aromatic N) is 2. The molecule has 144 valence electrons. The molecule has 27 heavy (non-hydrogen) atoms. The fourth-order valence-electron chi connectivity index (χ4n) is 2.02. The molecule has 2 N–H and O–H groups in total. The molecule has 9 nitrogen and oxygen atoms in total. The van der Waals surface area contributed by atoms with E-state index < -0.39 is 17.6 Å². The second-order valence-corrected chi connectivity index (χ2v) is 7.33. The third kappa shape index (κ3) is 6.03. The minimum absolute atomic E-state index is 0.149. The number of carbonyl (C=O) groups is 2. The van der Waals surface area contributed by atoms with Crippen molar-refractivity contribution >= 4 is 39.2 Å². The fraction of sp³-hybridized carbons (Fsp3) is 0.353. The van der Waals surface area contributed by atoms with E-state index >= 15 is 0 Å². The number of aromatic nitrogens is 1. The summed E-state index contributed by atoms with van der Waals surface area (Å²) >= 11 is 0.944. The molecule has 0 unspecified atom stereocenters. The highest BCUT2D eigenvalue weighted by molar-refractivity contribution is 7.19. The molecule has 2 aromatic rings. The van der Waals surface area contributed by atoms with Gasteiger partial charge in [-0.15, -0.1) is 4.91 Å². The summed E-state index contributed by atoms with van der Waals surface area (Å²) in [4.78, 5) is 38.9. The van der Waals surface area contributed by atoms with Crippen LogP contribution in [0, 0.1) is 4.91 Å². The molecule has 0 aliphatic rings. The van der Waals surface area contributed by atoms with Crippen LogP contribution >= 0.6 is 11.3 Å². The third-order valence-electron chi connectivity index (χ3n) is 2.97. The van der Waals surface area contributed by atoms with Crippen LogP contribution in [0.5, 0.6) is 5.75 Å². The summed E-state index contributed by atoms with van der Waals surface area (Å²) in [6.45, 7) is 7.40. The van der Waals surface area contributed by atoms with Crippen LogP contribution in [0.15, 0.2) is 29.6 Å². The van der Waals surface area contributed by atoms with Gasteiger partial charge in [0.15, 0.2) is 10.1 Å². The maximum atomic E-state index is 12.6. The van der Waals surface area contributed by atoms with E-state index in [2.05, 4.69) is 20.8 Å². The van der Waals surface area contributed by atoms with Gasteiger partial charge in [0.05, 0.1) is 18.4 Å². The molecule has 0 saturated heterocycles. The van der Waals surface area contributed by atoms with Gasteiger partial charge in [-0.2, -0.15) is 0 Å². The van der Waals surface area contributed by atoms with Crippen LogP contribution in [-0.2, 0) is 4.74 Å². The molecule has 2 amide bonds. The van der Waals surface area contributed by atoms with Crippen LogP contribution in [0.3, 0.4) is 0 Å². The Labute approximate surface area is 160 Å². The van der Waals surface area contributed by atoms with Crippen molar-refractivity contribution in [3.8, 4) is 5.75 Å². The van der Waals surface area contributed by atoms with Crippen molar-refractivity contribution in [1.29, 1.82) is 0 Å². The van der Waals surface area contributed by atoms with Gasteiger partial charge in [0.2, 0.25) is 0 Å². The van der Waals surface area contributed by atoms with Gasteiger partial charge >= 0.3 is 6.09 Å². The van der Waals surface area contributed by atoms with E-state index in [-0.39, 0.29) is 15.7 Å². The zero-order valence-corrected chi connectivity index (χ0v) is 16.2. The molecular formula is C17H20N4O5S. The first-order valence-electron chi connectivity index (χ1n) is 8.09. The molecule has 0 atom stereocenters. The van der Waals surface area contributed by atoms with Gasteiger partial charge in [-0.05, 0) is 51.1 Å². The predicted octanol–water partition coefficient (Wildman–Crippen LogP) is 4.54. The van der Waals surface area contributed by atoms with Crippen molar-refractivity contribution in [1.82, 2.24) is 4.98 Å². The van der Waals surface area contributed by atoms with Crippen LogP contribution in [0.2, 0.25) is 0 Å². The zero-order valence-electron chi connectivity index (χ0n) is 15.4. The van der Waals surface area contributed by atoms with E-state index in [4.69, 9.17) is 9.47 Å². The Bertz CT molecular complexity index is 844. The van der Waals surface area contributed by atoms with Crippen LogP contribution in [0.1, 0.15) is 38.1 Å². The van der Waals surface area contributed by atoms with E-state index in [1.165, 1.54) is 12.3 Å². The summed E-state index contributed by atoms with van der Waals surface area (Å²) in [6, 6.07) is 4.64. The van der Waals surface area contributed by atoms with E-state index in [1.54, 1.807) is 39.8 Å². The van der Waals surface area contributed by atoms with E-state index in [9.17, 15) is 14.5 Å². The van der Waals surface area contributed by atoms with E-state index in [0.717, 1.165) is 11.3 Å². The molecule has 0 aliphatic carbocycles. The number of anilines is 2. The van der Waals surface area contributed by atoms with Crippen molar-refractivity contribution in [2.45, 2.75) is 33.3 Å².